The number of nitrogens with zero attached hydrogens (tertiary/aromatic N) is 3. The van der Waals surface area contributed by atoms with Gasteiger partial charge >= 0.3 is 0 Å². The molecule has 1 aromatic rings. The van der Waals surface area contributed by atoms with E-state index in [1.807, 2.05) is 30.3 Å². The molecule has 0 spiro atoms. The van der Waals surface area contributed by atoms with E-state index in [1.165, 1.54) is 6.42 Å². The number of para-hydroxylation sites is 1. The van der Waals surface area contributed by atoms with Crippen LogP contribution in [0.15, 0.2) is 35.3 Å². The Hall–Kier alpha value is -1.55. The third-order valence-corrected chi connectivity index (χ3v) is 3.85. The first-order chi connectivity index (χ1) is 9.20. The maximum atomic E-state index is 6.09. The molecule has 1 fully saturated rings. The number of benzene rings is 1. The van der Waals surface area contributed by atoms with Crippen molar-refractivity contribution in [3.63, 3.8) is 0 Å². The molecule has 0 bridgehead atoms. The number of guanidine groups is 1. The Morgan fingerprint density at radius 2 is 1.84 bits per heavy atom. The van der Waals surface area contributed by atoms with Gasteiger partial charge in [-0.15, -0.1) is 0 Å². The van der Waals surface area contributed by atoms with Crippen LogP contribution in [0, 0.1) is 0 Å². The molecule has 4 nitrogen and oxygen atoms in total. The van der Waals surface area contributed by atoms with Crippen molar-refractivity contribution in [2.75, 3.05) is 26.2 Å². The van der Waals surface area contributed by atoms with E-state index in [1.54, 1.807) is 0 Å². The number of aliphatic imine (C=N–C) groups is 1. The van der Waals surface area contributed by atoms with Gasteiger partial charge in [0.25, 0.3) is 0 Å². The first-order valence-corrected chi connectivity index (χ1v) is 7.09. The fraction of sp³-hybridized carbons (Fsp3) is 0.533. The first kappa shape index (κ1) is 13.9. The Morgan fingerprint density at radius 1 is 1.21 bits per heavy atom. The van der Waals surface area contributed by atoms with Gasteiger partial charge in [-0.2, -0.15) is 0 Å². The molecule has 1 aliphatic rings. The second-order valence-corrected chi connectivity index (χ2v) is 5.09. The summed E-state index contributed by atoms with van der Waals surface area (Å²) in [6.07, 6.45) is 1.20. The highest BCUT2D eigenvalue weighted by molar-refractivity contribution is 5.81. The molecule has 1 saturated heterocycles. The van der Waals surface area contributed by atoms with Crippen LogP contribution in [-0.4, -0.2) is 48.0 Å². The van der Waals surface area contributed by atoms with Crippen LogP contribution in [0.4, 0.5) is 5.69 Å². The molecule has 0 amide bonds. The summed E-state index contributed by atoms with van der Waals surface area (Å²) in [5.41, 5.74) is 7.01. The fourth-order valence-corrected chi connectivity index (χ4v) is 2.36. The van der Waals surface area contributed by atoms with Gasteiger partial charge < -0.3 is 10.6 Å². The number of hydrogen-bond acceptors (Lipinski definition) is 2. The Kier molecular flexibility index (Phi) is 4.80. The van der Waals surface area contributed by atoms with E-state index >= 15 is 0 Å². The Bertz CT molecular complexity index is 407. The average molecular weight is 260 g/mol. The van der Waals surface area contributed by atoms with Gasteiger partial charge in [-0.1, -0.05) is 25.1 Å². The second-order valence-electron chi connectivity index (χ2n) is 5.09. The lowest BCUT2D eigenvalue weighted by molar-refractivity contribution is 0.137. The molecule has 2 rings (SSSR count). The molecule has 1 unspecified atom stereocenters. The second kappa shape index (κ2) is 6.57. The van der Waals surface area contributed by atoms with Crippen molar-refractivity contribution >= 4 is 11.6 Å². The lowest BCUT2D eigenvalue weighted by Gasteiger charge is -2.38. The first-order valence-electron chi connectivity index (χ1n) is 7.09. The SMILES string of the molecule is CCC(C)N1CCN(C(N)=Nc2ccccc2)CC1. The zero-order valence-corrected chi connectivity index (χ0v) is 11.9. The van der Waals surface area contributed by atoms with E-state index in [4.69, 9.17) is 5.73 Å². The van der Waals surface area contributed by atoms with Gasteiger partial charge in [-0.05, 0) is 25.5 Å². The maximum Gasteiger partial charge on any atom is 0.196 e. The number of nitrogens with two attached hydrogens (primary N) is 1. The quantitative estimate of drug-likeness (QED) is 0.668. The molecule has 0 saturated carbocycles. The standard InChI is InChI=1S/C15H24N4/c1-3-13(2)18-9-11-19(12-10-18)15(16)17-14-7-5-4-6-8-14/h4-8,13H,3,9-12H2,1-2H3,(H2,16,17). The molecule has 0 aliphatic carbocycles. The van der Waals surface area contributed by atoms with Gasteiger partial charge in [0.2, 0.25) is 0 Å². The minimum atomic E-state index is 0.634. The lowest BCUT2D eigenvalue weighted by atomic mass is 10.2. The summed E-state index contributed by atoms with van der Waals surface area (Å²) in [5, 5.41) is 0. The molecule has 2 N–H and O–H groups in total. The lowest BCUT2D eigenvalue weighted by Crippen LogP contribution is -2.53. The van der Waals surface area contributed by atoms with Crippen LogP contribution >= 0.6 is 0 Å². The summed E-state index contributed by atoms with van der Waals surface area (Å²) < 4.78 is 0. The molecule has 1 atom stereocenters. The zero-order chi connectivity index (χ0) is 13.7. The summed E-state index contributed by atoms with van der Waals surface area (Å²) >= 11 is 0. The van der Waals surface area contributed by atoms with Gasteiger partial charge in [0.15, 0.2) is 5.96 Å². The highest BCUT2D eigenvalue weighted by atomic mass is 15.3. The van der Waals surface area contributed by atoms with Crippen molar-refractivity contribution in [1.82, 2.24) is 9.80 Å². The summed E-state index contributed by atoms with van der Waals surface area (Å²) in [5.74, 6) is 0.634. The van der Waals surface area contributed by atoms with Crippen LogP contribution in [0.5, 0.6) is 0 Å². The summed E-state index contributed by atoms with van der Waals surface area (Å²) in [6.45, 7) is 8.60. The van der Waals surface area contributed by atoms with Crippen LogP contribution in [0.1, 0.15) is 20.3 Å². The Balaban J connectivity index is 1.92. The van der Waals surface area contributed by atoms with Gasteiger partial charge in [-0.25, -0.2) is 4.99 Å². The van der Waals surface area contributed by atoms with Crippen molar-refractivity contribution < 1.29 is 0 Å². The summed E-state index contributed by atoms with van der Waals surface area (Å²) in [7, 11) is 0. The smallest absolute Gasteiger partial charge is 0.196 e. The molecule has 0 radical (unpaired) electrons. The van der Waals surface area contributed by atoms with Crippen LogP contribution in [-0.2, 0) is 0 Å². The van der Waals surface area contributed by atoms with E-state index in [0.717, 1.165) is 31.9 Å². The Labute approximate surface area is 115 Å². The largest absolute Gasteiger partial charge is 0.369 e. The molecule has 1 aliphatic heterocycles. The van der Waals surface area contributed by atoms with E-state index in [-0.39, 0.29) is 0 Å². The monoisotopic (exact) mass is 260 g/mol. The minimum Gasteiger partial charge on any atom is -0.369 e. The van der Waals surface area contributed by atoms with E-state index in [2.05, 4.69) is 28.6 Å². The van der Waals surface area contributed by atoms with Gasteiger partial charge in [-0.3, -0.25) is 4.90 Å². The highest BCUT2D eigenvalue weighted by Crippen LogP contribution is 2.12. The summed E-state index contributed by atoms with van der Waals surface area (Å²) in [6, 6.07) is 10.6. The number of piperazine rings is 1. The van der Waals surface area contributed by atoms with Crippen molar-refractivity contribution in [1.29, 1.82) is 0 Å². The van der Waals surface area contributed by atoms with Crippen molar-refractivity contribution in [3.8, 4) is 0 Å². The zero-order valence-electron chi connectivity index (χ0n) is 11.9. The molecule has 19 heavy (non-hydrogen) atoms. The fourth-order valence-electron chi connectivity index (χ4n) is 2.36. The highest BCUT2D eigenvalue weighted by Gasteiger charge is 2.20. The molecule has 1 aromatic carbocycles. The van der Waals surface area contributed by atoms with Crippen LogP contribution < -0.4 is 5.73 Å². The average Bonchev–Trinajstić information content (AvgIpc) is 2.47. The molecule has 4 heteroatoms. The third kappa shape index (κ3) is 3.70. The van der Waals surface area contributed by atoms with Crippen LogP contribution in [0.3, 0.4) is 0 Å². The van der Waals surface area contributed by atoms with Crippen molar-refractivity contribution in [2.45, 2.75) is 26.3 Å². The van der Waals surface area contributed by atoms with E-state index in [0.29, 0.717) is 12.0 Å². The minimum absolute atomic E-state index is 0.634. The van der Waals surface area contributed by atoms with Crippen LogP contribution in [0.2, 0.25) is 0 Å². The van der Waals surface area contributed by atoms with Crippen LogP contribution in [0.25, 0.3) is 0 Å². The van der Waals surface area contributed by atoms with Gasteiger partial charge in [0, 0.05) is 32.2 Å². The predicted octanol–water partition coefficient (Wildman–Crippen LogP) is 2.05. The van der Waals surface area contributed by atoms with Gasteiger partial charge in [0.05, 0.1) is 5.69 Å². The van der Waals surface area contributed by atoms with Crippen molar-refractivity contribution in [2.24, 2.45) is 10.7 Å². The number of hydrogen-bond donors (Lipinski definition) is 1. The van der Waals surface area contributed by atoms with E-state index in [9.17, 15) is 0 Å². The number of rotatable bonds is 3. The normalized spacial score (nSPS) is 19.5. The van der Waals surface area contributed by atoms with E-state index < -0.39 is 0 Å². The molecule has 1 heterocycles. The van der Waals surface area contributed by atoms with Gasteiger partial charge in [0.1, 0.15) is 0 Å². The topological polar surface area (TPSA) is 44.9 Å². The summed E-state index contributed by atoms with van der Waals surface area (Å²) in [4.78, 5) is 9.17. The maximum absolute atomic E-state index is 6.09. The third-order valence-electron chi connectivity index (χ3n) is 3.85. The molecule has 0 aromatic heterocycles. The molecule has 104 valence electrons. The van der Waals surface area contributed by atoms with Crippen molar-refractivity contribution in [3.05, 3.63) is 30.3 Å². The molecular weight excluding hydrogens is 236 g/mol. The predicted molar refractivity (Wildman–Crippen MR) is 80.6 cm³/mol. The Morgan fingerprint density at radius 3 is 2.42 bits per heavy atom. The molecular formula is C15H24N4.